The Labute approximate surface area is 142 Å². The van der Waals surface area contributed by atoms with Gasteiger partial charge in [-0.1, -0.05) is 66.0 Å². The highest BCUT2D eigenvalue weighted by Gasteiger charge is 2.25. The highest BCUT2D eigenvalue weighted by atomic mass is 79.9. The molecule has 20 heavy (non-hydrogen) atoms. The van der Waals surface area contributed by atoms with Crippen molar-refractivity contribution in [3.63, 3.8) is 0 Å². The molecular weight excluding hydrogens is 450 g/mol. The van der Waals surface area contributed by atoms with Crippen molar-refractivity contribution in [2.24, 2.45) is 0 Å². The third kappa shape index (κ3) is 3.20. The Hall–Kier alpha value is -0.960. The first-order valence-corrected chi connectivity index (χ1v) is 8.06. The number of Topliss-reactive ketones (excluding diaryl/α,β-unsaturated/α-hetero) is 1. The van der Waals surface area contributed by atoms with Gasteiger partial charge in [0.25, 0.3) is 0 Å². The second kappa shape index (κ2) is 6.66. The molecule has 2 aromatic carbocycles. The molecule has 0 saturated heterocycles. The summed E-state index contributed by atoms with van der Waals surface area (Å²) in [5.41, 5.74) is 1.17. The molecule has 0 aliphatic rings. The third-order valence-corrected chi connectivity index (χ3v) is 4.68. The third-order valence-electron chi connectivity index (χ3n) is 2.80. The number of halogens is 3. The smallest absolute Gasteiger partial charge is 0.185 e. The average Bonchev–Trinajstić information content (AvgIpc) is 2.41. The van der Waals surface area contributed by atoms with Gasteiger partial charge in [-0.05, 0) is 29.8 Å². The largest absolute Gasteiger partial charge is 0.292 e. The summed E-state index contributed by atoms with van der Waals surface area (Å²) in [4.78, 5) is 12.6. The van der Waals surface area contributed by atoms with Gasteiger partial charge in [0.1, 0.15) is 5.92 Å². The second-order valence-corrected chi connectivity index (χ2v) is 6.70. The zero-order valence-electron chi connectivity index (χ0n) is 10.1. The number of hydrogen-bond donors (Lipinski definition) is 0. The van der Waals surface area contributed by atoms with Crippen LogP contribution in [0.25, 0.3) is 0 Å². The number of nitrogens with zero attached hydrogens (tertiary/aromatic N) is 1. The zero-order valence-corrected chi connectivity index (χ0v) is 14.9. The van der Waals surface area contributed by atoms with Gasteiger partial charge in [0.2, 0.25) is 0 Å². The summed E-state index contributed by atoms with van der Waals surface area (Å²) >= 11 is 10.1. The van der Waals surface area contributed by atoms with E-state index >= 15 is 0 Å². The number of rotatable bonds is 3. The fraction of sp³-hybridized carbons (Fsp3) is 0.0667. The summed E-state index contributed by atoms with van der Waals surface area (Å²) in [6.45, 7) is 0. The molecule has 0 spiro atoms. The summed E-state index contributed by atoms with van der Waals surface area (Å²) in [5, 5.41) is 9.36. The summed E-state index contributed by atoms with van der Waals surface area (Å²) in [6.07, 6.45) is 0. The number of hydrogen-bond acceptors (Lipinski definition) is 2. The van der Waals surface area contributed by atoms with Gasteiger partial charge in [0, 0.05) is 19.0 Å². The van der Waals surface area contributed by atoms with Crippen molar-refractivity contribution in [1.82, 2.24) is 0 Å². The van der Waals surface area contributed by atoms with Crippen molar-refractivity contribution >= 4 is 53.6 Å². The topological polar surface area (TPSA) is 40.9 Å². The quantitative estimate of drug-likeness (QED) is 0.574. The first-order valence-electron chi connectivity index (χ1n) is 5.68. The van der Waals surface area contributed by atoms with Gasteiger partial charge < -0.3 is 0 Å². The van der Waals surface area contributed by atoms with E-state index in [0.29, 0.717) is 15.6 Å². The maximum atomic E-state index is 12.6. The molecule has 0 saturated carbocycles. The highest BCUT2D eigenvalue weighted by molar-refractivity contribution is 9.11. The van der Waals surface area contributed by atoms with Gasteiger partial charge in [0.15, 0.2) is 5.78 Å². The molecule has 0 heterocycles. The molecule has 0 N–H and O–H groups in total. The van der Waals surface area contributed by atoms with Crippen LogP contribution < -0.4 is 0 Å². The van der Waals surface area contributed by atoms with E-state index in [2.05, 4.69) is 53.9 Å². The van der Waals surface area contributed by atoms with Crippen LogP contribution in [-0.4, -0.2) is 5.78 Å². The molecular formula is C15H8Br3NO. The van der Waals surface area contributed by atoms with Crippen LogP contribution >= 0.6 is 47.8 Å². The molecule has 0 radical (unpaired) electrons. The number of nitriles is 1. The van der Waals surface area contributed by atoms with E-state index in [1.807, 2.05) is 18.2 Å². The van der Waals surface area contributed by atoms with E-state index in [9.17, 15) is 10.1 Å². The van der Waals surface area contributed by atoms with Gasteiger partial charge in [-0.2, -0.15) is 5.26 Å². The number of ketones is 1. The van der Waals surface area contributed by atoms with E-state index in [4.69, 9.17) is 0 Å². The Bertz CT molecular complexity index is 707. The van der Waals surface area contributed by atoms with Crippen molar-refractivity contribution in [1.29, 1.82) is 5.26 Å². The molecule has 2 nitrogen and oxygen atoms in total. The zero-order chi connectivity index (χ0) is 14.7. The molecule has 0 aliphatic carbocycles. The first kappa shape index (κ1) is 15.4. The van der Waals surface area contributed by atoms with E-state index in [1.165, 1.54) is 0 Å². The fourth-order valence-electron chi connectivity index (χ4n) is 1.82. The Morgan fingerprint density at radius 3 is 2.35 bits per heavy atom. The van der Waals surface area contributed by atoms with Gasteiger partial charge in [-0.3, -0.25) is 4.79 Å². The molecule has 0 aliphatic heterocycles. The monoisotopic (exact) mass is 455 g/mol. The van der Waals surface area contributed by atoms with Crippen molar-refractivity contribution < 1.29 is 4.79 Å². The molecule has 1 unspecified atom stereocenters. The number of carbonyl (C=O) groups is 1. The number of carbonyl (C=O) groups excluding carboxylic acids is 1. The minimum absolute atomic E-state index is 0.223. The molecule has 2 rings (SSSR count). The minimum atomic E-state index is -0.831. The lowest BCUT2D eigenvalue weighted by Gasteiger charge is -2.12. The Kier molecular flexibility index (Phi) is 5.14. The maximum Gasteiger partial charge on any atom is 0.185 e. The van der Waals surface area contributed by atoms with Crippen LogP contribution in [0.1, 0.15) is 21.8 Å². The lowest BCUT2D eigenvalue weighted by molar-refractivity contribution is 0.0978. The maximum absolute atomic E-state index is 12.6. The summed E-state index contributed by atoms with van der Waals surface area (Å²) < 4.78 is 2.30. The van der Waals surface area contributed by atoms with E-state index in [-0.39, 0.29) is 5.78 Å². The predicted molar refractivity (Wildman–Crippen MR) is 88.7 cm³/mol. The van der Waals surface area contributed by atoms with Crippen molar-refractivity contribution in [2.45, 2.75) is 5.92 Å². The van der Waals surface area contributed by atoms with Crippen LogP contribution in [0, 0.1) is 11.3 Å². The van der Waals surface area contributed by atoms with Crippen LogP contribution in [0.2, 0.25) is 0 Å². The summed E-state index contributed by atoms with van der Waals surface area (Å²) in [7, 11) is 0. The average molecular weight is 458 g/mol. The lowest BCUT2D eigenvalue weighted by Crippen LogP contribution is -2.12. The van der Waals surface area contributed by atoms with Crippen LogP contribution in [0.15, 0.2) is 55.9 Å². The van der Waals surface area contributed by atoms with Gasteiger partial charge in [0.05, 0.1) is 6.07 Å². The molecule has 0 aromatic heterocycles. The highest BCUT2D eigenvalue weighted by Crippen LogP contribution is 2.30. The van der Waals surface area contributed by atoms with Crippen LogP contribution in [-0.2, 0) is 0 Å². The molecule has 1 atom stereocenters. The van der Waals surface area contributed by atoms with Gasteiger partial charge >= 0.3 is 0 Å². The Morgan fingerprint density at radius 2 is 1.75 bits per heavy atom. The van der Waals surface area contributed by atoms with E-state index in [1.54, 1.807) is 24.3 Å². The normalized spacial score (nSPS) is 11.7. The predicted octanol–water partition coefficient (Wildman–Crippen LogP) is 5.46. The van der Waals surface area contributed by atoms with Crippen molar-refractivity contribution in [3.05, 3.63) is 67.0 Å². The van der Waals surface area contributed by atoms with Gasteiger partial charge in [-0.25, -0.2) is 0 Å². The molecule has 0 amide bonds. The lowest BCUT2D eigenvalue weighted by atomic mass is 9.92. The standard InChI is InChI=1S/C15H8Br3NO/c16-9-5-6-11(14(18)7-9)15(20)12(8-19)10-3-1-2-4-13(10)17/h1-7,12H. The summed E-state index contributed by atoms with van der Waals surface area (Å²) in [5.74, 6) is -1.05. The molecule has 100 valence electrons. The van der Waals surface area contributed by atoms with Crippen molar-refractivity contribution in [3.8, 4) is 6.07 Å². The van der Waals surface area contributed by atoms with Gasteiger partial charge in [-0.15, -0.1) is 0 Å². The van der Waals surface area contributed by atoms with Crippen LogP contribution in [0.3, 0.4) is 0 Å². The van der Waals surface area contributed by atoms with E-state index in [0.717, 1.165) is 8.95 Å². The Balaban J connectivity index is 2.45. The van der Waals surface area contributed by atoms with Crippen molar-refractivity contribution in [2.75, 3.05) is 0 Å². The SMILES string of the molecule is N#CC(C(=O)c1ccc(Br)cc1Br)c1ccccc1Br. The Morgan fingerprint density at radius 1 is 1.05 bits per heavy atom. The molecule has 0 bridgehead atoms. The second-order valence-electron chi connectivity index (χ2n) is 4.07. The number of benzene rings is 2. The van der Waals surface area contributed by atoms with E-state index < -0.39 is 5.92 Å². The minimum Gasteiger partial charge on any atom is -0.292 e. The van der Waals surface area contributed by atoms with Crippen LogP contribution in [0.5, 0.6) is 0 Å². The summed E-state index contributed by atoms with van der Waals surface area (Å²) in [6, 6.07) is 14.6. The molecule has 2 aromatic rings. The fourth-order valence-corrected chi connectivity index (χ4v) is 3.58. The molecule has 5 heteroatoms. The van der Waals surface area contributed by atoms with Crippen LogP contribution in [0.4, 0.5) is 0 Å². The first-order chi connectivity index (χ1) is 9.54. The molecule has 0 fully saturated rings.